The molecule has 2 aromatic carbocycles. The van der Waals surface area contributed by atoms with Gasteiger partial charge in [-0.25, -0.2) is 0 Å². The molecule has 6 rings (SSSR count). The second-order valence-electron chi connectivity index (χ2n) is 10.8. The number of phenolic OH excluding ortho intramolecular Hbond substituents is 1. The van der Waals surface area contributed by atoms with Gasteiger partial charge in [-0.3, -0.25) is 14.6 Å². The molecule has 38 heavy (non-hydrogen) atoms. The minimum Gasteiger partial charge on any atom is -0.504 e. The van der Waals surface area contributed by atoms with E-state index in [4.69, 9.17) is 18.9 Å². The summed E-state index contributed by atoms with van der Waals surface area (Å²) in [6.07, 6.45) is 1.88. The van der Waals surface area contributed by atoms with Crippen LogP contribution < -0.4 is 18.9 Å². The first-order chi connectivity index (χ1) is 18.2. The van der Waals surface area contributed by atoms with E-state index in [2.05, 4.69) is 28.9 Å². The molecule has 9 nitrogen and oxygen atoms in total. The Kier molecular flexibility index (Phi) is 5.74. The Bertz CT molecular complexity index is 1400. The maximum Gasteiger partial charge on any atom is 0.308 e. The average molecular weight is 520 g/mol. The van der Waals surface area contributed by atoms with Gasteiger partial charge in [0.05, 0.1) is 19.2 Å². The summed E-state index contributed by atoms with van der Waals surface area (Å²) in [5.74, 6) is 2.03. The summed E-state index contributed by atoms with van der Waals surface area (Å²) in [4.78, 5) is 16.8. The van der Waals surface area contributed by atoms with Crippen LogP contribution in [0, 0.1) is 25.2 Å². The Hall–Kier alpha value is -3.48. The van der Waals surface area contributed by atoms with E-state index in [1.54, 1.807) is 7.11 Å². The highest BCUT2D eigenvalue weighted by molar-refractivity contribution is 5.74. The van der Waals surface area contributed by atoms with Crippen molar-refractivity contribution in [2.24, 2.45) is 0 Å². The summed E-state index contributed by atoms with van der Waals surface area (Å²) in [6, 6.07) is 3.77. The van der Waals surface area contributed by atoms with E-state index >= 15 is 0 Å². The van der Waals surface area contributed by atoms with E-state index in [0.29, 0.717) is 35.8 Å². The molecule has 1 N–H and O–H groups in total. The van der Waals surface area contributed by atoms with Crippen molar-refractivity contribution in [1.29, 1.82) is 5.26 Å². The normalized spacial score (nSPS) is 27.1. The molecule has 0 amide bonds. The van der Waals surface area contributed by atoms with Crippen LogP contribution in [0.5, 0.6) is 28.7 Å². The standard InChI is InChI=1S/C29H33N3O6/c1-7-18-23-17(27(38-15(4)33)14(3)28-29(23)37-12-36-28)10-20-24-22-16(8-13(2)26(35-6)25(22)34)9-19(31(24)5)21(11-30)32(18)20/h8,18-21,24,34H,7,9-10,12H2,1-6H3/t18-,19-,20?,21-,24-/m0/s1. The van der Waals surface area contributed by atoms with Crippen molar-refractivity contribution in [1.82, 2.24) is 9.80 Å². The van der Waals surface area contributed by atoms with Gasteiger partial charge in [0.25, 0.3) is 0 Å². The molecule has 4 aliphatic heterocycles. The van der Waals surface area contributed by atoms with Gasteiger partial charge in [-0.1, -0.05) is 13.0 Å². The predicted octanol–water partition coefficient (Wildman–Crippen LogP) is 3.85. The van der Waals surface area contributed by atoms with Gasteiger partial charge >= 0.3 is 5.97 Å². The number of methoxy groups -OCH3 is 1. The van der Waals surface area contributed by atoms with Crippen LogP contribution in [0.2, 0.25) is 0 Å². The van der Waals surface area contributed by atoms with Crippen LogP contribution in [0.15, 0.2) is 6.07 Å². The molecule has 0 spiro atoms. The summed E-state index contributed by atoms with van der Waals surface area (Å²) < 4.78 is 23.3. The van der Waals surface area contributed by atoms with Crippen LogP contribution >= 0.6 is 0 Å². The van der Waals surface area contributed by atoms with Crippen LogP contribution in [0.1, 0.15) is 65.7 Å². The summed E-state index contributed by atoms with van der Waals surface area (Å²) in [5.41, 5.74) is 5.35. The van der Waals surface area contributed by atoms with Crippen molar-refractivity contribution in [2.75, 3.05) is 21.0 Å². The highest BCUT2D eigenvalue weighted by Crippen LogP contribution is 2.58. The zero-order chi connectivity index (χ0) is 27.0. The fourth-order valence-corrected chi connectivity index (χ4v) is 7.52. The first-order valence-corrected chi connectivity index (χ1v) is 13.1. The number of hydrogen-bond acceptors (Lipinski definition) is 9. The number of ether oxygens (including phenoxy) is 4. The maximum atomic E-state index is 12.2. The zero-order valence-corrected chi connectivity index (χ0v) is 22.6. The third-order valence-corrected chi connectivity index (χ3v) is 8.90. The number of rotatable bonds is 3. The number of aryl methyl sites for hydroxylation is 1. The molecular formula is C29H33N3O6. The molecule has 2 bridgehead atoms. The molecule has 0 saturated carbocycles. The van der Waals surface area contributed by atoms with E-state index in [9.17, 15) is 15.2 Å². The van der Waals surface area contributed by atoms with E-state index in [0.717, 1.165) is 39.8 Å². The van der Waals surface area contributed by atoms with Crippen molar-refractivity contribution in [3.63, 3.8) is 0 Å². The zero-order valence-electron chi connectivity index (χ0n) is 22.6. The van der Waals surface area contributed by atoms with Gasteiger partial charge in [-0.05, 0) is 51.3 Å². The number of nitrogens with zero attached hydrogens (tertiary/aromatic N) is 3. The van der Waals surface area contributed by atoms with Crippen LogP contribution in [-0.2, 0) is 17.6 Å². The fourth-order valence-electron chi connectivity index (χ4n) is 7.52. The monoisotopic (exact) mass is 519 g/mol. The molecule has 0 aromatic heterocycles. The summed E-state index contributed by atoms with van der Waals surface area (Å²) in [7, 11) is 3.61. The minimum atomic E-state index is -0.402. The van der Waals surface area contributed by atoms with Gasteiger partial charge in [0, 0.05) is 47.3 Å². The van der Waals surface area contributed by atoms with Crippen LogP contribution in [-0.4, -0.2) is 60.0 Å². The second kappa shape index (κ2) is 8.79. The van der Waals surface area contributed by atoms with E-state index in [1.165, 1.54) is 6.92 Å². The predicted molar refractivity (Wildman–Crippen MR) is 138 cm³/mol. The van der Waals surface area contributed by atoms with Crippen molar-refractivity contribution in [3.8, 4) is 34.8 Å². The molecule has 4 aliphatic rings. The Morgan fingerprint density at radius 2 is 1.92 bits per heavy atom. The lowest BCUT2D eigenvalue weighted by Crippen LogP contribution is -2.68. The molecule has 0 aliphatic carbocycles. The number of carbonyl (C=O) groups excluding carboxylic acids is 1. The highest BCUT2D eigenvalue weighted by atomic mass is 16.7. The summed E-state index contributed by atoms with van der Waals surface area (Å²) in [6.45, 7) is 7.42. The van der Waals surface area contributed by atoms with E-state index in [1.807, 2.05) is 20.9 Å². The maximum absolute atomic E-state index is 12.2. The third-order valence-electron chi connectivity index (χ3n) is 8.90. The van der Waals surface area contributed by atoms with Crippen molar-refractivity contribution >= 4 is 5.97 Å². The highest BCUT2D eigenvalue weighted by Gasteiger charge is 2.56. The van der Waals surface area contributed by atoms with Crippen LogP contribution in [0.25, 0.3) is 0 Å². The first kappa shape index (κ1) is 24.8. The van der Waals surface area contributed by atoms with E-state index in [-0.39, 0.29) is 42.8 Å². The van der Waals surface area contributed by atoms with Gasteiger partial charge < -0.3 is 24.1 Å². The molecule has 1 saturated heterocycles. The number of esters is 1. The van der Waals surface area contributed by atoms with Gasteiger partial charge in [0.2, 0.25) is 6.79 Å². The van der Waals surface area contributed by atoms with Crippen molar-refractivity contribution in [2.45, 2.75) is 77.2 Å². The Morgan fingerprint density at radius 1 is 1.18 bits per heavy atom. The molecule has 2 aromatic rings. The number of piperazine rings is 1. The average Bonchev–Trinajstić information content (AvgIpc) is 3.36. The van der Waals surface area contributed by atoms with Gasteiger partial charge in [0.15, 0.2) is 23.0 Å². The second-order valence-corrected chi connectivity index (χ2v) is 10.8. The summed E-state index contributed by atoms with van der Waals surface area (Å²) in [5, 5.41) is 22.0. The molecule has 9 heteroatoms. The molecule has 5 atom stereocenters. The molecule has 1 fully saturated rings. The smallest absolute Gasteiger partial charge is 0.308 e. The Morgan fingerprint density at radius 3 is 2.58 bits per heavy atom. The van der Waals surface area contributed by atoms with Crippen molar-refractivity contribution in [3.05, 3.63) is 39.4 Å². The number of nitriles is 1. The molecule has 200 valence electrons. The Balaban J connectivity index is 1.62. The molecule has 4 heterocycles. The van der Waals surface area contributed by atoms with Gasteiger partial charge in [0.1, 0.15) is 11.8 Å². The number of hydrogen-bond donors (Lipinski definition) is 1. The molecule has 0 radical (unpaired) electrons. The number of benzene rings is 2. The lowest BCUT2D eigenvalue weighted by molar-refractivity contribution is -0.132. The number of likely N-dealkylation sites (N-methyl/N-ethyl adjacent to an activating group) is 1. The van der Waals surface area contributed by atoms with Crippen LogP contribution in [0.4, 0.5) is 0 Å². The number of phenols is 1. The van der Waals surface area contributed by atoms with Crippen LogP contribution in [0.3, 0.4) is 0 Å². The first-order valence-electron chi connectivity index (χ1n) is 13.1. The fraction of sp³-hybridized carbons (Fsp3) is 0.517. The quantitative estimate of drug-likeness (QED) is 0.478. The topological polar surface area (TPSA) is 104 Å². The van der Waals surface area contributed by atoms with Gasteiger partial charge in [-0.2, -0.15) is 5.26 Å². The Labute approximate surface area is 222 Å². The molecule has 1 unspecified atom stereocenters. The summed E-state index contributed by atoms with van der Waals surface area (Å²) >= 11 is 0. The molecular weight excluding hydrogens is 486 g/mol. The largest absolute Gasteiger partial charge is 0.504 e. The number of fused-ring (bicyclic) bond motifs is 9. The third kappa shape index (κ3) is 3.20. The van der Waals surface area contributed by atoms with Gasteiger partial charge in [-0.15, -0.1) is 0 Å². The SMILES string of the molecule is CC[C@H]1c2c(c(OC(C)=O)c(C)c3c2OCO3)CC2[C@H]3c4c(cc(C)c(OC)c4O)C[C@@H]([C@H](C#N)N21)N3C. The lowest BCUT2D eigenvalue weighted by atomic mass is 9.71. The minimum absolute atomic E-state index is 0.0554. The number of aromatic hydroxyl groups is 1. The van der Waals surface area contributed by atoms with Crippen molar-refractivity contribution < 1.29 is 28.8 Å². The lowest BCUT2D eigenvalue weighted by Gasteiger charge is -2.60. The number of carbonyl (C=O) groups is 1. The van der Waals surface area contributed by atoms with E-state index < -0.39 is 5.97 Å².